The fourth-order valence-corrected chi connectivity index (χ4v) is 6.75. The van der Waals surface area contributed by atoms with Crippen LogP contribution in [-0.2, 0) is 21.4 Å². The zero-order valence-corrected chi connectivity index (χ0v) is 27.3. The lowest BCUT2D eigenvalue weighted by atomic mass is 9.91. The van der Waals surface area contributed by atoms with E-state index in [2.05, 4.69) is 13.8 Å². The molecule has 2 amide bonds. The van der Waals surface area contributed by atoms with Crippen LogP contribution < -0.4 is 4.90 Å². The Balaban J connectivity index is 1.36. The number of hydrogen-bond acceptors (Lipinski definition) is 6. The minimum atomic E-state index is -2.75. The Morgan fingerprint density at radius 3 is 2.44 bits per heavy atom. The van der Waals surface area contributed by atoms with Crippen molar-refractivity contribution >= 4 is 17.7 Å². The number of halogens is 3. The Bertz CT molecular complexity index is 1390. The number of hydrogen-bond donors (Lipinski definition) is 0. The summed E-state index contributed by atoms with van der Waals surface area (Å²) in [6.45, 7) is 13.3. The van der Waals surface area contributed by atoms with Crippen molar-refractivity contribution in [3.05, 3.63) is 59.2 Å². The molecule has 0 spiro atoms. The SMILES string of the molecule is C[C@@H]1CN(CC(=O)N2CC(C)(C)c3ncc(Cc4ccc(F)cc4)cc32)[C@@H](CN2CCCC(F)(F)C2)CN1C(=O)OC(C)(C)C. The second-order valence-electron chi connectivity index (χ2n) is 14.6. The van der Waals surface area contributed by atoms with Crippen molar-refractivity contribution in [2.45, 2.75) is 89.8 Å². The maximum Gasteiger partial charge on any atom is 0.410 e. The van der Waals surface area contributed by atoms with Gasteiger partial charge in [-0.15, -0.1) is 0 Å². The number of amides is 2. The minimum Gasteiger partial charge on any atom is -0.444 e. The molecule has 2 aromatic rings. The van der Waals surface area contributed by atoms with Crippen LogP contribution in [0.25, 0.3) is 0 Å². The number of likely N-dealkylation sites (tertiary alicyclic amines) is 1. The second-order valence-corrected chi connectivity index (χ2v) is 14.6. The highest BCUT2D eigenvalue weighted by atomic mass is 19.3. The van der Waals surface area contributed by atoms with Crippen molar-refractivity contribution in [1.82, 2.24) is 19.7 Å². The molecule has 0 saturated carbocycles. The Kier molecular flexibility index (Phi) is 9.26. The minimum absolute atomic E-state index is 0.0824. The number of nitrogens with zero attached hydrogens (tertiary/aromatic N) is 5. The third kappa shape index (κ3) is 7.98. The number of alkyl halides is 2. The van der Waals surface area contributed by atoms with Crippen LogP contribution in [0.15, 0.2) is 36.5 Å². The summed E-state index contributed by atoms with van der Waals surface area (Å²) in [5.74, 6) is -3.15. The molecule has 2 atom stereocenters. The zero-order valence-electron chi connectivity index (χ0n) is 27.3. The Morgan fingerprint density at radius 1 is 1.07 bits per heavy atom. The van der Waals surface area contributed by atoms with E-state index in [9.17, 15) is 22.8 Å². The smallest absolute Gasteiger partial charge is 0.410 e. The third-order valence-corrected chi connectivity index (χ3v) is 8.89. The van der Waals surface area contributed by atoms with Crippen molar-refractivity contribution < 1.29 is 27.5 Å². The van der Waals surface area contributed by atoms with E-state index in [4.69, 9.17) is 9.72 Å². The highest BCUT2D eigenvalue weighted by Gasteiger charge is 2.43. The molecule has 2 saturated heterocycles. The van der Waals surface area contributed by atoms with Gasteiger partial charge in [0.15, 0.2) is 0 Å². The number of ether oxygens (including phenoxy) is 1. The van der Waals surface area contributed by atoms with Gasteiger partial charge in [-0.2, -0.15) is 0 Å². The van der Waals surface area contributed by atoms with E-state index in [0.29, 0.717) is 39.0 Å². The summed E-state index contributed by atoms with van der Waals surface area (Å²) in [7, 11) is 0. The lowest BCUT2D eigenvalue weighted by Crippen LogP contribution is -2.64. The molecular weight excluding hydrogens is 583 g/mol. The molecule has 4 heterocycles. The number of carbonyl (C=O) groups excluding carboxylic acids is 2. The highest BCUT2D eigenvalue weighted by molar-refractivity contribution is 5.97. The average Bonchev–Trinajstić information content (AvgIpc) is 3.20. The van der Waals surface area contributed by atoms with Crippen LogP contribution in [0.3, 0.4) is 0 Å². The monoisotopic (exact) mass is 629 g/mol. The van der Waals surface area contributed by atoms with Gasteiger partial charge in [-0.25, -0.2) is 18.0 Å². The topological polar surface area (TPSA) is 69.2 Å². The largest absolute Gasteiger partial charge is 0.444 e. The van der Waals surface area contributed by atoms with Crippen molar-refractivity contribution in [1.29, 1.82) is 0 Å². The van der Waals surface area contributed by atoms with Gasteiger partial charge in [0.1, 0.15) is 11.4 Å². The van der Waals surface area contributed by atoms with Crippen LogP contribution in [0.2, 0.25) is 0 Å². The predicted octanol–water partition coefficient (Wildman–Crippen LogP) is 5.48. The standard InChI is InChI=1S/C34H46F3N5O3/c1-23-17-40(27(18-39-13-7-12-34(36,37)22-39)19-41(23)31(44)45-32(2,3)4)20-29(43)42-21-33(5,6)30-28(42)15-25(16-38-30)14-24-8-10-26(35)11-9-24/h8-11,15-16,23,27H,7,12-14,17-22H2,1-6H3/t23-,27+/m1/s1. The summed E-state index contributed by atoms with van der Waals surface area (Å²) in [6, 6.07) is 7.77. The molecule has 5 rings (SSSR count). The van der Waals surface area contributed by atoms with Crippen LogP contribution in [0.1, 0.15) is 71.2 Å². The third-order valence-electron chi connectivity index (χ3n) is 8.89. The van der Waals surface area contributed by atoms with Gasteiger partial charge in [-0.1, -0.05) is 26.0 Å². The molecule has 3 aliphatic heterocycles. The lowest BCUT2D eigenvalue weighted by molar-refractivity contribution is -0.122. The lowest BCUT2D eigenvalue weighted by Gasteiger charge is -2.47. The number of rotatable bonds is 6. The molecule has 8 nitrogen and oxygen atoms in total. The number of aromatic nitrogens is 1. The summed E-state index contributed by atoms with van der Waals surface area (Å²) in [4.78, 5) is 39.3. The van der Waals surface area contributed by atoms with Crippen LogP contribution in [0.4, 0.5) is 23.7 Å². The summed E-state index contributed by atoms with van der Waals surface area (Å²) in [5, 5.41) is 0. The summed E-state index contributed by atoms with van der Waals surface area (Å²) in [6.07, 6.45) is 2.21. The van der Waals surface area contributed by atoms with Crippen LogP contribution in [0, 0.1) is 5.82 Å². The molecule has 0 N–H and O–H groups in total. The molecule has 2 fully saturated rings. The molecule has 3 aliphatic rings. The fourth-order valence-electron chi connectivity index (χ4n) is 6.75. The van der Waals surface area contributed by atoms with Gasteiger partial charge >= 0.3 is 6.09 Å². The number of benzene rings is 1. The van der Waals surface area contributed by atoms with E-state index in [1.54, 1.807) is 26.8 Å². The van der Waals surface area contributed by atoms with Gasteiger partial charge in [0.25, 0.3) is 5.92 Å². The van der Waals surface area contributed by atoms with Gasteiger partial charge in [-0.3, -0.25) is 19.6 Å². The van der Waals surface area contributed by atoms with E-state index < -0.39 is 17.6 Å². The molecular formula is C34H46F3N5O3. The summed E-state index contributed by atoms with van der Waals surface area (Å²) < 4.78 is 47.8. The highest BCUT2D eigenvalue weighted by Crippen LogP contribution is 2.40. The fraction of sp³-hybridized carbons (Fsp3) is 0.618. The number of carbonyl (C=O) groups is 2. The van der Waals surface area contributed by atoms with Gasteiger partial charge in [-0.05, 0) is 76.4 Å². The van der Waals surface area contributed by atoms with Gasteiger partial charge in [0.05, 0.1) is 24.5 Å². The second kappa shape index (κ2) is 12.5. The van der Waals surface area contributed by atoms with Crippen molar-refractivity contribution in [2.75, 3.05) is 50.7 Å². The zero-order chi connectivity index (χ0) is 32.7. The molecule has 1 aromatic heterocycles. The van der Waals surface area contributed by atoms with E-state index in [0.717, 1.165) is 22.5 Å². The van der Waals surface area contributed by atoms with Crippen LogP contribution >= 0.6 is 0 Å². The summed E-state index contributed by atoms with van der Waals surface area (Å²) >= 11 is 0. The van der Waals surface area contributed by atoms with E-state index >= 15 is 0 Å². The molecule has 45 heavy (non-hydrogen) atoms. The van der Waals surface area contributed by atoms with Crippen LogP contribution in [0.5, 0.6) is 0 Å². The maximum atomic E-state index is 14.4. The Morgan fingerprint density at radius 2 is 1.78 bits per heavy atom. The molecule has 0 aliphatic carbocycles. The first-order valence-electron chi connectivity index (χ1n) is 15.9. The van der Waals surface area contributed by atoms with Crippen molar-refractivity contribution in [3.8, 4) is 0 Å². The first-order chi connectivity index (χ1) is 21.0. The predicted molar refractivity (Wildman–Crippen MR) is 167 cm³/mol. The quantitative estimate of drug-likeness (QED) is 0.422. The number of fused-ring (bicyclic) bond motifs is 1. The van der Waals surface area contributed by atoms with E-state index in [1.165, 1.54) is 12.1 Å². The normalized spacial score (nSPS) is 23.6. The van der Waals surface area contributed by atoms with Gasteiger partial charge in [0, 0.05) is 56.3 Å². The first kappa shape index (κ1) is 33.2. The van der Waals surface area contributed by atoms with E-state index in [-0.39, 0.29) is 55.3 Å². The molecule has 0 bridgehead atoms. The van der Waals surface area contributed by atoms with Gasteiger partial charge < -0.3 is 14.5 Å². The van der Waals surface area contributed by atoms with Gasteiger partial charge in [0.2, 0.25) is 5.91 Å². The Labute approximate surface area is 264 Å². The molecule has 11 heteroatoms. The molecule has 0 radical (unpaired) electrons. The summed E-state index contributed by atoms with van der Waals surface area (Å²) in [5.41, 5.74) is 2.43. The molecule has 0 unspecified atom stereocenters. The van der Waals surface area contributed by atoms with Crippen molar-refractivity contribution in [2.24, 2.45) is 0 Å². The average molecular weight is 630 g/mol. The molecule has 1 aromatic carbocycles. The van der Waals surface area contributed by atoms with E-state index in [1.807, 2.05) is 44.9 Å². The van der Waals surface area contributed by atoms with Crippen molar-refractivity contribution in [3.63, 3.8) is 0 Å². The number of piperazine rings is 1. The number of pyridine rings is 1. The Hall–Kier alpha value is -3.18. The molecule has 246 valence electrons. The first-order valence-corrected chi connectivity index (χ1v) is 15.9. The number of piperidine rings is 1. The van der Waals surface area contributed by atoms with Crippen LogP contribution in [-0.4, -0.2) is 101 Å². The number of anilines is 1. The maximum absolute atomic E-state index is 14.4.